The smallest absolute Gasteiger partial charge is 0.265 e. The average molecular weight is 353 g/mol. The van der Waals surface area contributed by atoms with Crippen molar-refractivity contribution < 1.29 is 14.3 Å². The quantitative estimate of drug-likeness (QED) is 0.633. The molecule has 1 amide bonds. The summed E-state index contributed by atoms with van der Waals surface area (Å²) in [7, 11) is 0. The van der Waals surface area contributed by atoms with Gasteiger partial charge in [-0.15, -0.1) is 0 Å². The minimum absolute atomic E-state index is 0.191. The van der Waals surface area contributed by atoms with E-state index in [0.29, 0.717) is 18.2 Å². The van der Waals surface area contributed by atoms with Gasteiger partial charge in [-0.1, -0.05) is 44.7 Å². The van der Waals surface area contributed by atoms with Crippen LogP contribution < -0.4 is 14.8 Å². The number of ether oxygens (including phenoxy) is 2. The van der Waals surface area contributed by atoms with Gasteiger partial charge in [0.05, 0.1) is 0 Å². The summed E-state index contributed by atoms with van der Waals surface area (Å²) in [4.78, 5) is 12.4. The molecule has 0 heterocycles. The fourth-order valence-corrected chi connectivity index (χ4v) is 2.49. The summed E-state index contributed by atoms with van der Waals surface area (Å²) in [6.07, 6.45) is 2.10. The molecule has 0 saturated carbocycles. The Bertz CT molecular complexity index is 724. The van der Waals surface area contributed by atoms with E-state index in [1.807, 2.05) is 30.3 Å². The second kappa shape index (κ2) is 9.66. The normalized spacial score (nSPS) is 12.7. The number of rotatable bonds is 9. The van der Waals surface area contributed by atoms with Crippen LogP contribution in [0.3, 0.4) is 0 Å². The Hall–Kier alpha value is -2.75. The Balaban J connectivity index is 1.99. The van der Waals surface area contributed by atoms with Crippen LogP contribution in [0.4, 0.5) is 5.69 Å². The number of carbonyl (C=O) groups is 1. The highest BCUT2D eigenvalue weighted by molar-refractivity contribution is 5.94. The monoisotopic (exact) mass is 353 g/mol. The Morgan fingerprint density at radius 1 is 1.15 bits per heavy atom. The summed E-state index contributed by atoms with van der Waals surface area (Å²) < 4.78 is 11.4. The molecule has 26 heavy (non-hydrogen) atoms. The highest BCUT2D eigenvalue weighted by atomic mass is 16.5. The van der Waals surface area contributed by atoms with Gasteiger partial charge in [0.2, 0.25) is 0 Å². The molecule has 1 N–H and O–H groups in total. The summed E-state index contributed by atoms with van der Waals surface area (Å²) in [5.41, 5.74) is 1.82. The molecule has 2 aromatic rings. The molecule has 4 heteroatoms. The van der Waals surface area contributed by atoms with Gasteiger partial charge >= 0.3 is 0 Å². The lowest BCUT2D eigenvalue weighted by atomic mass is 9.98. The van der Waals surface area contributed by atoms with Gasteiger partial charge < -0.3 is 14.8 Å². The first-order valence-corrected chi connectivity index (χ1v) is 8.95. The third-order valence-corrected chi connectivity index (χ3v) is 4.22. The van der Waals surface area contributed by atoms with E-state index in [4.69, 9.17) is 9.47 Å². The summed E-state index contributed by atoms with van der Waals surface area (Å²) in [6.45, 7) is 10.1. The Morgan fingerprint density at radius 2 is 1.85 bits per heavy atom. The predicted molar refractivity (Wildman–Crippen MR) is 106 cm³/mol. The van der Waals surface area contributed by atoms with Crippen LogP contribution in [0.5, 0.6) is 11.5 Å². The van der Waals surface area contributed by atoms with Crippen LogP contribution in [-0.4, -0.2) is 18.6 Å². The van der Waals surface area contributed by atoms with Gasteiger partial charge in [-0.25, -0.2) is 0 Å². The van der Waals surface area contributed by atoms with Crippen molar-refractivity contribution in [3.63, 3.8) is 0 Å². The van der Waals surface area contributed by atoms with Crippen LogP contribution in [0, 0.1) is 0 Å². The van der Waals surface area contributed by atoms with Crippen LogP contribution >= 0.6 is 0 Å². The molecule has 0 aromatic heterocycles. The largest absolute Gasteiger partial charge is 0.490 e. The van der Waals surface area contributed by atoms with Crippen molar-refractivity contribution in [3.05, 3.63) is 66.7 Å². The molecule has 0 fully saturated rings. The zero-order chi connectivity index (χ0) is 18.9. The molecule has 0 radical (unpaired) electrons. The molecule has 138 valence electrons. The Morgan fingerprint density at radius 3 is 2.50 bits per heavy atom. The number of carbonyl (C=O) groups excluding carboxylic acids is 1. The number of nitrogens with one attached hydrogen (secondary N) is 1. The molecule has 0 aliphatic carbocycles. The summed E-state index contributed by atoms with van der Waals surface area (Å²) in [6, 6.07) is 15.1. The Labute approximate surface area is 155 Å². The van der Waals surface area contributed by atoms with Crippen molar-refractivity contribution >= 4 is 11.6 Å². The van der Waals surface area contributed by atoms with E-state index < -0.39 is 6.10 Å². The second-order valence-corrected chi connectivity index (χ2v) is 6.22. The third kappa shape index (κ3) is 5.38. The van der Waals surface area contributed by atoms with Gasteiger partial charge in [-0.3, -0.25) is 4.79 Å². The van der Waals surface area contributed by atoms with Crippen molar-refractivity contribution in [1.82, 2.24) is 0 Å². The molecule has 2 atom stereocenters. The van der Waals surface area contributed by atoms with Crippen LogP contribution in [0.2, 0.25) is 0 Å². The topological polar surface area (TPSA) is 47.6 Å². The zero-order valence-electron chi connectivity index (χ0n) is 15.7. The molecule has 2 unspecified atom stereocenters. The molecule has 0 spiro atoms. The number of amides is 1. The molecule has 4 nitrogen and oxygen atoms in total. The van der Waals surface area contributed by atoms with Crippen molar-refractivity contribution in [3.8, 4) is 11.5 Å². The van der Waals surface area contributed by atoms with E-state index in [0.717, 1.165) is 23.5 Å². The van der Waals surface area contributed by atoms with Gasteiger partial charge in [0.15, 0.2) is 6.10 Å². The first kappa shape index (κ1) is 19.6. The lowest BCUT2D eigenvalue weighted by molar-refractivity contribution is -0.122. The first-order chi connectivity index (χ1) is 12.5. The fraction of sp³-hybridized carbons (Fsp3) is 0.318. The summed E-state index contributed by atoms with van der Waals surface area (Å²) in [5, 5.41) is 2.87. The highest BCUT2D eigenvalue weighted by Gasteiger charge is 2.18. The molecular formula is C22H27NO3. The number of hydrogen-bond acceptors (Lipinski definition) is 3. The number of para-hydroxylation sites is 1. The van der Waals surface area contributed by atoms with Gasteiger partial charge in [0, 0.05) is 5.69 Å². The molecular weight excluding hydrogens is 326 g/mol. The maximum atomic E-state index is 12.4. The lowest BCUT2D eigenvalue weighted by Crippen LogP contribution is -2.30. The van der Waals surface area contributed by atoms with E-state index in [1.165, 1.54) is 0 Å². The van der Waals surface area contributed by atoms with Gasteiger partial charge in [0.1, 0.15) is 18.1 Å². The van der Waals surface area contributed by atoms with Crippen molar-refractivity contribution in [2.45, 2.75) is 39.2 Å². The molecule has 0 bridgehead atoms. The van der Waals surface area contributed by atoms with Crippen molar-refractivity contribution in [1.29, 1.82) is 0 Å². The highest BCUT2D eigenvalue weighted by Crippen LogP contribution is 2.29. The predicted octanol–water partition coefficient (Wildman–Crippen LogP) is 5.17. The van der Waals surface area contributed by atoms with Crippen molar-refractivity contribution in [2.24, 2.45) is 0 Å². The maximum Gasteiger partial charge on any atom is 0.265 e. The van der Waals surface area contributed by atoms with Crippen LogP contribution in [0.25, 0.3) is 0 Å². The van der Waals surface area contributed by atoms with Gasteiger partial charge in [-0.2, -0.15) is 0 Å². The number of benzene rings is 2. The van der Waals surface area contributed by atoms with Crippen LogP contribution in [-0.2, 0) is 4.79 Å². The fourth-order valence-electron chi connectivity index (χ4n) is 2.49. The summed E-state index contributed by atoms with van der Waals surface area (Å²) >= 11 is 0. The van der Waals surface area contributed by atoms with Gasteiger partial charge in [0.25, 0.3) is 5.91 Å². The number of anilines is 1. The minimum atomic E-state index is -0.600. The second-order valence-electron chi connectivity index (χ2n) is 6.22. The van der Waals surface area contributed by atoms with Crippen molar-refractivity contribution in [2.75, 3.05) is 11.9 Å². The number of hydrogen-bond donors (Lipinski definition) is 1. The average Bonchev–Trinajstić information content (AvgIpc) is 2.67. The minimum Gasteiger partial charge on any atom is -0.490 e. The molecule has 2 aromatic carbocycles. The zero-order valence-corrected chi connectivity index (χ0v) is 15.7. The van der Waals surface area contributed by atoms with E-state index in [-0.39, 0.29) is 5.91 Å². The van der Waals surface area contributed by atoms with E-state index in [1.54, 1.807) is 25.1 Å². The molecule has 2 rings (SSSR count). The van der Waals surface area contributed by atoms with E-state index >= 15 is 0 Å². The van der Waals surface area contributed by atoms with Crippen LogP contribution in [0.15, 0.2) is 61.2 Å². The first-order valence-electron chi connectivity index (χ1n) is 8.95. The SMILES string of the molecule is C=CCOc1ccc(NC(=O)C(C)Oc2ccccc2C(C)CC)cc1. The maximum absolute atomic E-state index is 12.4. The molecule has 0 aliphatic heterocycles. The van der Waals surface area contributed by atoms with E-state index in [2.05, 4.69) is 31.8 Å². The van der Waals surface area contributed by atoms with E-state index in [9.17, 15) is 4.79 Å². The lowest BCUT2D eigenvalue weighted by Gasteiger charge is -2.19. The molecule has 0 aliphatic rings. The van der Waals surface area contributed by atoms with Crippen LogP contribution in [0.1, 0.15) is 38.7 Å². The van der Waals surface area contributed by atoms with Gasteiger partial charge in [-0.05, 0) is 55.2 Å². The third-order valence-electron chi connectivity index (χ3n) is 4.22. The Kier molecular flexibility index (Phi) is 7.27. The summed E-state index contributed by atoms with van der Waals surface area (Å²) in [5.74, 6) is 1.68. The standard InChI is InChI=1S/C22H27NO3/c1-5-15-25-19-13-11-18(12-14-19)23-22(24)17(4)26-21-10-8-7-9-20(21)16(3)6-2/h5,7-14,16-17H,1,6,15H2,2-4H3,(H,23,24). The molecule has 0 saturated heterocycles.